The largest absolute Gasteiger partial charge is 0.481 e. The number of carbonyl (C=O) groups is 3. The summed E-state index contributed by atoms with van der Waals surface area (Å²) in [7, 11) is 0. The Bertz CT molecular complexity index is 555. The van der Waals surface area contributed by atoms with Gasteiger partial charge in [0.1, 0.15) is 6.04 Å². The molecule has 106 valence electrons. The smallest absolute Gasteiger partial charge is 0.326 e. The molecule has 0 radical (unpaired) electrons. The predicted molar refractivity (Wildman–Crippen MR) is 75.0 cm³/mol. The fourth-order valence-electron chi connectivity index (χ4n) is 1.37. The van der Waals surface area contributed by atoms with Crippen LogP contribution in [0.2, 0.25) is 0 Å². The first-order valence-electron chi connectivity index (χ1n) is 5.58. The maximum atomic E-state index is 11.6. The van der Waals surface area contributed by atoms with Crippen molar-refractivity contribution in [3.8, 4) is 0 Å². The van der Waals surface area contributed by atoms with E-state index < -0.39 is 30.3 Å². The minimum absolute atomic E-state index is 0.672. The van der Waals surface area contributed by atoms with Crippen LogP contribution in [0.25, 0.3) is 6.08 Å². The summed E-state index contributed by atoms with van der Waals surface area (Å²) in [6.07, 6.45) is 1.97. The van der Waals surface area contributed by atoms with Gasteiger partial charge in [-0.1, -0.05) is 34.1 Å². The molecular formula is C13H12BrNO5. The zero-order valence-electron chi connectivity index (χ0n) is 10.2. The van der Waals surface area contributed by atoms with E-state index in [9.17, 15) is 14.4 Å². The Kier molecular flexibility index (Phi) is 5.92. The highest BCUT2D eigenvalue weighted by molar-refractivity contribution is 9.10. The molecule has 0 aliphatic carbocycles. The van der Waals surface area contributed by atoms with Gasteiger partial charge in [0.05, 0.1) is 6.42 Å². The lowest BCUT2D eigenvalue weighted by atomic mass is 10.2. The molecule has 1 aromatic rings. The monoisotopic (exact) mass is 341 g/mol. The SMILES string of the molecule is O=C(O)C[C@H](NC(=O)/C=C/c1ccccc1Br)C(=O)O. The van der Waals surface area contributed by atoms with E-state index in [-0.39, 0.29) is 0 Å². The third-order valence-corrected chi connectivity index (χ3v) is 3.03. The molecule has 0 spiro atoms. The number of carboxylic acid groups (broad SMARTS) is 2. The summed E-state index contributed by atoms with van der Waals surface area (Å²) in [6.45, 7) is 0. The Morgan fingerprint density at radius 2 is 1.90 bits per heavy atom. The molecule has 0 fully saturated rings. The first kappa shape index (κ1) is 15.9. The van der Waals surface area contributed by atoms with Gasteiger partial charge in [-0.15, -0.1) is 0 Å². The number of halogens is 1. The normalized spacial score (nSPS) is 12.1. The van der Waals surface area contributed by atoms with Crippen molar-refractivity contribution >= 4 is 39.9 Å². The van der Waals surface area contributed by atoms with Gasteiger partial charge in [0.25, 0.3) is 0 Å². The number of benzene rings is 1. The number of rotatable bonds is 6. The summed E-state index contributed by atoms with van der Waals surface area (Å²) in [5, 5.41) is 19.5. The van der Waals surface area contributed by atoms with Crippen LogP contribution in [0, 0.1) is 0 Å². The van der Waals surface area contributed by atoms with Crippen molar-refractivity contribution < 1.29 is 24.6 Å². The number of amides is 1. The van der Waals surface area contributed by atoms with Crippen LogP contribution in [0.1, 0.15) is 12.0 Å². The van der Waals surface area contributed by atoms with Crippen LogP contribution in [0.15, 0.2) is 34.8 Å². The number of carboxylic acids is 2. The molecule has 0 bridgehead atoms. The maximum absolute atomic E-state index is 11.6. The highest BCUT2D eigenvalue weighted by Crippen LogP contribution is 2.16. The van der Waals surface area contributed by atoms with Crippen molar-refractivity contribution in [1.82, 2.24) is 5.32 Å². The van der Waals surface area contributed by atoms with Crippen LogP contribution < -0.4 is 5.32 Å². The van der Waals surface area contributed by atoms with E-state index in [0.29, 0.717) is 0 Å². The quantitative estimate of drug-likeness (QED) is 0.680. The van der Waals surface area contributed by atoms with Crippen molar-refractivity contribution in [3.05, 3.63) is 40.4 Å². The molecular weight excluding hydrogens is 330 g/mol. The molecule has 1 atom stereocenters. The maximum Gasteiger partial charge on any atom is 0.326 e. The highest BCUT2D eigenvalue weighted by Gasteiger charge is 2.21. The lowest BCUT2D eigenvalue weighted by Gasteiger charge is -2.10. The average Bonchev–Trinajstić information content (AvgIpc) is 2.36. The molecule has 1 rings (SSSR count). The standard InChI is InChI=1S/C13H12BrNO5/c14-9-4-2-1-3-8(9)5-6-11(16)15-10(13(19)20)7-12(17)18/h1-6,10H,7H2,(H,15,16)(H,17,18)(H,19,20)/b6-5+/t10-/m0/s1. The second-order valence-corrected chi connectivity index (χ2v) is 4.71. The van der Waals surface area contributed by atoms with Crippen molar-refractivity contribution in [2.75, 3.05) is 0 Å². The molecule has 1 aromatic carbocycles. The Labute approximate surface area is 123 Å². The number of nitrogens with one attached hydrogen (secondary N) is 1. The van der Waals surface area contributed by atoms with Gasteiger partial charge in [0.15, 0.2) is 0 Å². The van der Waals surface area contributed by atoms with Crippen LogP contribution in [-0.4, -0.2) is 34.1 Å². The first-order chi connectivity index (χ1) is 9.40. The Hall–Kier alpha value is -2.15. The lowest BCUT2D eigenvalue weighted by molar-refractivity contribution is -0.146. The fourth-order valence-corrected chi connectivity index (χ4v) is 1.79. The number of aliphatic carboxylic acids is 2. The molecule has 0 aromatic heterocycles. The molecule has 20 heavy (non-hydrogen) atoms. The van der Waals surface area contributed by atoms with E-state index >= 15 is 0 Å². The summed E-state index contributed by atoms with van der Waals surface area (Å²) >= 11 is 3.30. The summed E-state index contributed by atoms with van der Waals surface area (Å²) in [6, 6.07) is 5.70. The summed E-state index contributed by atoms with van der Waals surface area (Å²) in [4.78, 5) is 32.8. The summed E-state index contributed by atoms with van der Waals surface area (Å²) in [5.74, 6) is -3.36. The van der Waals surface area contributed by atoms with Gasteiger partial charge in [0, 0.05) is 10.5 Å². The summed E-state index contributed by atoms with van der Waals surface area (Å²) in [5.41, 5.74) is 0.743. The topological polar surface area (TPSA) is 104 Å². The molecule has 6 nitrogen and oxygen atoms in total. The molecule has 0 heterocycles. The Morgan fingerprint density at radius 1 is 1.25 bits per heavy atom. The first-order valence-corrected chi connectivity index (χ1v) is 6.37. The molecule has 0 aliphatic rings. The van der Waals surface area contributed by atoms with Crippen LogP contribution in [0.4, 0.5) is 0 Å². The van der Waals surface area contributed by atoms with Gasteiger partial charge in [-0.25, -0.2) is 4.79 Å². The Morgan fingerprint density at radius 3 is 2.45 bits per heavy atom. The van der Waals surface area contributed by atoms with E-state index in [0.717, 1.165) is 16.1 Å². The van der Waals surface area contributed by atoms with Crippen molar-refractivity contribution in [3.63, 3.8) is 0 Å². The predicted octanol–water partition coefficient (Wildman–Crippen LogP) is 1.51. The molecule has 0 aliphatic heterocycles. The van der Waals surface area contributed by atoms with Gasteiger partial charge in [-0.2, -0.15) is 0 Å². The third kappa shape index (κ3) is 5.23. The molecule has 0 saturated heterocycles. The number of hydrogen-bond donors (Lipinski definition) is 3. The van der Waals surface area contributed by atoms with Crippen LogP contribution in [0.3, 0.4) is 0 Å². The Balaban J connectivity index is 2.69. The highest BCUT2D eigenvalue weighted by atomic mass is 79.9. The zero-order chi connectivity index (χ0) is 15.1. The molecule has 0 saturated carbocycles. The second kappa shape index (κ2) is 7.44. The van der Waals surface area contributed by atoms with Gasteiger partial charge < -0.3 is 15.5 Å². The molecule has 7 heteroatoms. The van der Waals surface area contributed by atoms with Gasteiger partial charge in [-0.3, -0.25) is 9.59 Å². The van der Waals surface area contributed by atoms with E-state index in [2.05, 4.69) is 21.2 Å². The lowest BCUT2D eigenvalue weighted by Crippen LogP contribution is -2.41. The van der Waals surface area contributed by atoms with Crippen molar-refractivity contribution in [1.29, 1.82) is 0 Å². The van der Waals surface area contributed by atoms with Crippen molar-refractivity contribution in [2.24, 2.45) is 0 Å². The van der Waals surface area contributed by atoms with Gasteiger partial charge >= 0.3 is 11.9 Å². The van der Waals surface area contributed by atoms with Crippen LogP contribution >= 0.6 is 15.9 Å². The minimum atomic E-state index is -1.45. The fraction of sp³-hybridized carbons (Fsp3) is 0.154. The van der Waals surface area contributed by atoms with E-state index in [1.165, 1.54) is 6.08 Å². The zero-order valence-corrected chi connectivity index (χ0v) is 11.8. The second-order valence-electron chi connectivity index (χ2n) is 3.85. The van der Waals surface area contributed by atoms with Crippen LogP contribution in [0.5, 0.6) is 0 Å². The van der Waals surface area contributed by atoms with Gasteiger partial charge in [-0.05, 0) is 17.7 Å². The minimum Gasteiger partial charge on any atom is -0.481 e. The van der Waals surface area contributed by atoms with Gasteiger partial charge in [0.2, 0.25) is 5.91 Å². The molecule has 3 N–H and O–H groups in total. The average molecular weight is 342 g/mol. The molecule has 0 unspecified atom stereocenters. The summed E-state index contributed by atoms with van der Waals surface area (Å²) < 4.78 is 0.782. The number of carbonyl (C=O) groups excluding carboxylic acids is 1. The van der Waals surface area contributed by atoms with E-state index in [1.54, 1.807) is 18.2 Å². The van der Waals surface area contributed by atoms with Crippen molar-refractivity contribution in [2.45, 2.75) is 12.5 Å². The molecule has 1 amide bonds. The third-order valence-electron chi connectivity index (χ3n) is 2.31. The van der Waals surface area contributed by atoms with Crippen LogP contribution in [-0.2, 0) is 14.4 Å². The number of hydrogen-bond acceptors (Lipinski definition) is 3. The van der Waals surface area contributed by atoms with E-state index in [4.69, 9.17) is 10.2 Å². The van der Waals surface area contributed by atoms with E-state index in [1.807, 2.05) is 6.07 Å².